The Balaban J connectivity index is 1.98. The Morgan fingerprint density at radius 1 is 1.35 bits per heavy atom. The Morgan fingerprint density at radius 2 is 2.12 bits per heavy atom. The van der Waals surface area contributed by atoms with Crippen molar-refractivity contribution in [1.29, 1.82) is 0 Å². The highest BCUT2D eigenvalue weighted by atomic mass is 16.5. The highest BCUT2D eigenvalue weighted by Gasteiger charge is 2.36. The van der Waals surface area contributed by atoms with E-state index in [0.717, 1.165) is 38.6 Å². The van der Waals surface area contributed by atoms with Crippen LogP contribution in [0.25, 0.3) is 0 Å². The molecular formula is C13H23NO3. The highest BCUT2D eigenvalue weighted by molar-refractivity contribution is 5.60. The maximum Gasteiger partial charge on any atom is 0.127 e. The first kappa shape index (κ1) is 13.0. The molecule has 2 fully saturated rings. The highest BCUT2D eigenvalue weighted by Crippen LogP contribution is 2.31. The first-order valence-corrected chi connectivity index (χ1v) is 6.69. The van der Waals surface area contributed by atoms with E-state index >= 15 is 0 Å². The number of carbonyl (C=O) groups excluding carboxylic acids is 1. The third-order valence-corrected chi connectivity index (χ3v) is 4.22. The molecule has 4 heteroatoms. The third kappa shape index (κ3) is 3.06. The first-order chi connectivity index (χ1) is 8.29. The lowest BCUT2D eigenvalue weighted by Gasteiger charge is -2.42. The van der Waals surface area contributed by atoms with Gasteiger partial charge in [0.15, 0.2) is 0 Å². The molecule has 2 saturated heterocycles. The fourth-order valence-electron chi connectivity index (χ4n) is 2.97. The van der Waals surface area contributed by atoms with Crippen molar-refractivity contribution >= 4 is 6.29 Å². The molecule has 0 aromatic heterocycles. The molecule has 0 bridgehead atoms. The number of hydrogen-bond donors (Lipinski definition) is 1. The molecule has 17 heavy (non-hydrogen) atoms. The summed E-state index contributed by atoms with van der Waals surface area (Å²) in [5, 5.41) is 9.39. The van der Waals surface area contributed by atoms with Gasteiger partial charge in [-0.2, -0.15) is 0 Å². The number of rotatable bonds is 4. The predicted octanol–water partition coefficient (Wildman–Crippen LogP) is 0.829. The zero-order valence-electron chi connectivity index (χ0n) is 10.4. The van der Waals surface area contributed by atoms with Crippen molar-refractivity contribution in [1.82, 2.24) is 4.90 Å². The van der Waals surface area contributed by atoms with Crippen LogP contribution in [0.5, 0.6) is 0 Å². The Bertz CT molecular complexity index is 251. The predicted molar refractivity (Wildman–Crippen MR) is 64.8 cm³/mol. The summed E-state index contributed by atoms with van der Waals surface area (Å²) in [6.45, 7) is 3.41. The fourth-order valence-corrected chi connectivity index (χ4v) is 2.97. The van der Waals surface area contributed by atoms with E-state index in [2.05, 4.69) is 4.90 Å². The summed E-state index contributed by atoms with van der Waals surface area (Å²) in [6, 6.07) is 0.253. The van der Waals surface area contributed by atoms with E-state index in [1.807, 2.05) is 0 Å². The summed E-state index contributed by atoms with van der Waals surface area (Å²) in [4.78, 5) is 13.7. The second kappa shape index (κ2) is 5.94. The number of aliphatic hydroxyl groups is 1. The molecule has 0 amide bonds. The zero-order valence-corrected chi connectivity index (χ0v) is 10.4. The van der Waals surface area contributed by atoms with Crippen LogP contribution in [0.1, 0.15) is 32.1 Å². The molecule has 1 unspecified atom stereocenters. The Morgan fingerprint density at radius 3 is 2.76 bits per heavy atom. The van der Waals surface area contributed by atoms with Gasteiger partial charge in [-0.15, -0.1) is 0 Å². The minimum atomic E-state index is -0.233. The average Bonchev–Trinajstić information content (AvgIpc) is 2.40. The maximum atomic E-state index is 11.4. The zero-order chi connectivity index (χ0) is 12.1. The van der Waals surface area contributed by atoms with Gasteiger partial charge in [-0.25, -0.2) is 0 Å². The molecule has 2 heterocycles. The number of nitrogens with zero attached hydrogens (tertiary/aromatic N) is 1. The van der Waals surface area contributed by atoms with Crippen LogP contribution < -0.4 is 0 Å². The topological polar surface area (TPSA) is 49.8 Å². The van der Waals surface area contributed by atoms with Crippen molar-refractivity contribution in [2.45, 2.75) is 38.1 Å². The van der Waals surface area contributed by atoms with Crippen molar-refractivity contribution < 1.29 is 14.6 Å². The number of ether oxygens (including phenoxy) is 1. The van der Waals surface area contributed by atoms with E-state index in [1.165, 1.54) is 12.8 Å². The molecule has 0 spiro atoms. The fraction of sp³-hybridized carbons (Fsp3) is 0.923. The molecule has 0 aromatic carbocycles. The van der Waals surface area contributed by atoms with Crippen LogP contribution >= 0.6 is 0 Å². The molecule has 0 saturated carbocycles. The molecule has 1 N–H and O–H groups in total. The standard InChI is InChI=1S/C13H23NO3/c15-9-12-3-1-2-6-14(12)10-13(11-16)4-7-17-8-5-13/h11-12,15H,1-10H2. The van der Waals surface area contributed by atoms with Crippen molar-refractivity contribution in [3.05, 3.63) is 0 Å². The van der Waals surface area contributed by atoms with Gasteiger partial charge >= 0.3 is 0 Å². The van der Waals surface area contributed by atoms with E-state index in [0.29, 0.717) is 13.2 Å². The lowest BCUT2D eigenvalue weighted by molar-refractivity contribution is -0.124. The molecule has 1 atom stereocenters. The van der Waals surface area contributed by atoms with Gasteiger partial charge in [-0.05, 0) is 32.2 Å². The second-order valence-corrected chi connectivity index (χ2v) is 5.40. The van der Waals surface area contributed by atoms with Crippen LogP contribution in [0.2, 0.25) is 0 Å². The molecule has 0 aromatic rings. The largest absolute Gasteiger partial charge is 0.395 e. The SMILES string of the molecule is O=CC1(CN2CCCCC2CO)CCOCC1. The van der Waals surface area contributed by atoms with E-state index in [1.54, 1.807) is 0 Å². The maximum absolute atomic E-state index is 11.4. The molecule has 4 nitrogen and oxygen atoms in total. The number of likely N-dealkylation sites (tertiary alicyclic amines) is 1. The lowest BCUT2D eigenvalue weighted by Crippen LogP contribution is -2.49. The van der Waals surface area contributed by atoms with E-state index in [9.17, 15) is 9.90 Å². The number of carbonyl (C=O) groups is 1. The van der Waals surface area contributed by atoms with E-state index in [-0.39, 0.29) is 18.1 Å². The molecular weight excluding hydrogens is 218 g/mol. The summed E-state index contributed by atoms with van der Waals surface area (Å²) < 4.78 is 5.34. The molecule has 2 aliphatic rings. The third-order valence-electron chi connectivity index (χ3n) is 4.22. The van der Waals surface area contributed by atoms with Gasteiger partial charge in [0.2, 0.25) is 0 Å². The van der Waals surface area contributed by atoms with E-state index in [4.69, 9.17) is 4.74 Å². The molecule has 2 aliphatic heterocycles. The molecule has 98 valence electrons. The summed E-state index contributed by atoms with van der Waals surface area (Å²) in [5.41, 5.74) is -0.233. The van der Waals surface area contributed by atoms with Crippen molar-refractivity contribution in [2.24, 2.45) is 5.41 Å². The summed E-state index contributed by atoms with van der Waals surface area (Å²) >= 11 is 0. The smallest absolute Gasteiger partial charge is 0.127 e. The number of piperidine rings is 1. The quantitative estimate of drug-likeness (QED) is 0.741. The Kier molecular flexibility index (Phi) is 4.54. The average molecular weight is 241 g/mol. The summed E-state index contributed by atoms with van der Waals surface area (Å²) in [5.74, 6) is 0. The van der Waals surface area contributed by atoms with Crippen molar-refractivity contribution in [3.8, 4) is 0 Å². The van der Waals surface area contributed by atoms with Crippen LogP contribution in [-0.2, 0) is 9.53 Å². The first-order valence-electron chi connectivity index (χ1n) is 6.69. The van der Waals surface area contributed by atoms with Crippen LogP contribution in [-0.4, -0.2) is 55.2 Å². The monoisotopic (exact) mass is 241 g/mol. The number of aliphatic hydroxyl groups excluding tert-OH is 1. The number of hydrogen-bond acceptors (Lipinski definition) is 4. The van der Waals surface area contributed by atoms with Gasteiger partial charge in [0.25, 0.3) is 0 Å². The molecule has 0 radical (unpaired) electrons. The van der Waals surface area contributed by atoms with Crippen LogP contribution in [0.15, 0.2) is 0 Å². The number of aldehydes is 1. The molecule has 0 aliphatic carbocycles. The second-order valence-electron chi connectivity index (χ2n) is 5.40. The minimum Gasteiger partial charge on any atom is -0.395 e. The van der Waals surface area contributed by atoms with Crippen molar-refractivity contribution in [2.75, 3.05) is 32.9 Å². The Labute approximate surface area is 103 Å². The Hall–Kier alpha value is -0.450. The van der Waals surface area contributed by atoms with Gasteiger partial charge in [-0.3, -0.25) is 4.90 Å². The van der Waals surface area contributed by atoms with Gasteiger partial charge in [-0.1, -0.05) is 6.42 Å². The van der Waals surface area contributed by atoms with Gasteiger partial charge in [0.1, 0.15) is 6.29 Å². The summed E-state index contributed by atoms with van der Waals surface area (Å²) in [6.07, 6.45) is 6.21. The van der Waals surface area contributed by atoms with Gasteiger partial charge in [0, 0.05) is 31.2 Å². The lowest BCUT2D eigenvalue weighted by atomic mass is 9.80. The van der Waals surface area contributed by atoms with Crippen molar-refractivity contribution in [3.63, 3.8) is 0 Å². The van der Waals surface area contributed by atoms with Gasteiger partial charge in [0.05, 0.1) is 6.61 Å². The van der Waals surface area contributed by atoms with Crippen LogP contribution in [0.3, 0.4) is 0 Å². The normalized spacial score (nSPS) is 30.1. The molecule has 2 rings (SSSR count). The van der Waals surface area contributed by atoms with Gasteiger partial charge < -0.3 is 14.6 Å². The van der Waals surface area contributed by atoms with Crippen LogP contribution in [0, 0.1) is 5.41 Å². The summed E-state index contributed by atoms with van der Waals surface area (Å²) in [7, 11) is 0. The van der Waals surface area contributed by atoms with Crippen LogP contribution in [0.4, 0.5) is 0 Å². The minimum absolute atomic E-state index is 0.214. The van der Waals surface area contributed by atoms with E-state index < -0.39 is 0 Å².